The fourth-order valence-corrected chi connectivity index (χ4v) is 6.70. The van der Waals surface area contributed by atoms with Crippen molar-refractivity contribution in [2.75, 3.05) is 0 Å². The Morgan fingerprint density at radius 1 is 0.950 bits per heavy atom. The van der Waals surface area contributed by atoms with Gasteiger partial charge in [0.25, 0.3) is 0 Å². The molecule has 0 N–H and O–H groups in total. The van der Waals surface area contributed by atoms with Gasteiger partial charge in [0.15, 0.2) is 0 Å². The Labute approximate surface area is 123 Å². The van der Waals surface area contributed by atoms with E-state index >= 15 is 0 Å². The highest BCUT2D eigenvalue weighted by atomic mass is 16.1. The van der Waals surface area contributed by atoms with Crippen LogP contribution >= 0.6 is 0 Å². The molecule has 0 spiro atoms. The molecule has 7 atom stereocenters. The van der Waals surface area contributed by atoms with Crippen LogP contribution in [0.5, 0.6) is 0 Å². The fourth-order valence-electron chi connectivity index (χ4n) is 6.70. The molecule has 112 valence electrons. The zero-order valence-electron chi connectivity index (χ0n) is 13.2. The largest absolute Gasteiger partial charge is 0.299 e. The van der Waals surface area contributed by atoms with Gasteiger partial charge in [0.2, 0.25) is 0 Å². The van der Waals surface area contributed by atoms with Gasteiger partial charge in [-0.05, 0) is 80.5 Å². The molecule has 0 unspecified atom stereocenters. The highest BCUT2D eigenvalue weighted by Gasteiger charge is 2.55. The summed E-state index contributed by atoms with van der Waals surface area (Å²) in [5, 5.41) is 0. The number of carbonyl (C=O) groups is 1. The minimum absolute atomic E-state index is 0.0793. The van der Waals surface area contributed by atoms with Gasteiger partial charge in [-0.2, -0.15) is 0 Å². The summed E-state index contributed by atoms with van der Waals surface area (Å²) >= 11 is 0. The molecule has 0 bridgehead atoms. The highest BCUT2D eigenvalue weighted by Crippen LogP contribution is 2.60. The fraction of sp³-hybridized carbons (Fsp3) is 0.947. The van der Waals surface area contributed by atoms with E-state index in [1.165, 1.54) is 51.4 Å². The lowest BCUT2D eigenvalue weighted by molar-refractivity contribution is -0.132. The zero-order chi connectivity index (χ0) is 13.9. The quantitative estimate of drug-likeness (QED) is 0.617. The molecule has 0 heterocycles. The first-order chi connectivity index (χ1) is 9.58. The van der Waals surface area contributed by atoms with E-state index in [0.717, 1.165) is 41.9 Å². The van der Waals surface area contributed by atoms with Crippen molar-refractivity contribution in [3.63, 3.8) is 0 Å². The molecule has 0 saturated heterocycles. The summed E-state index contributed by atoms with van der Waals surface area (Å²) in [5.41, 5.74) is 0.0793. The first-order valence-electron chi connectivity index (χ1n) is 9.11. The molecule has 4 aliphatic rings. The number of rotatable bonds is 0. The van der Waals surface area contributed by atoms with Crippen molar-refractivity contribution in [2.45, 2.75) is 71.6 Å². The summed E-state index contributed by atoms with van der Waals surface area (Å²) in [6, 6.07) is 0. The van der Waals surface area contributed by atoms with Crippen LogP contribution in [0.2, 0.25) is 0 Å². The van der Waals surface area contributed by atoms with Gasteiger partial charge in [0.05, 0.1) is 0 Å². The minimum atomic E-state index is 0.0793. The van der Waals surface area contributed by atoms with Crippen molar-refractivity contribution in [3.05, 3.63) is 0 Å². The normalized spacial score (nSPS) is 55.0. The molecule has 4 aliphatic carbocycles. The van der Waals surface area contributed by atoms with Crippen molar-refractivity contribution < 1.29 is 4.79 Å². The van der Waals surface area contributed by atoms with Crippen LogP contribution in [0.4, 0.5) is 0 Å². The maximum Gasteiger partial charge on any atom is 0.139 e. The van der Waals surface area contributed by atoms with Gasteiger partial charge in [-0.1, -0.05) is 20.3 Å². The van der Waals surface area contributed by atoms with Crippen LogP contribution in [0.3, 0.4) is 0 Å². The second kappa shape index (κ2) is 4.58. The Morgan fingerprint density at radius 3 is 2.60 bits per heavy atom. The molecule has 1 nitrogen and oxygen atoms in total. The molecular formula is C19H30O. The third-order valence-corrected chi connectivity index (χ3v) is 7.87. The smallest absolute Gasteiger partial charge is 0.139 e. The molecule has 4 saturated carbocycles. The zero-order valence-corrected chi connectivity index (χ0v) is 13.2. The molecule has 4 fully saturated rings. The lowest BCUT2D eigenvalue weighted by atomic mass is 9.51. The second-order valence-corrected chi connectivity index (χ2v) is 8.86. The molecular weight excluding hydrogens is 244 g/mol. The summed E-state index contributed by atoms with van der Waals surface area (Å²) in [6.07, 6.45) is 12.0. The van der Waals surface area contributed by atoms with Crippen LogP contribution in [0.15, 0.2) is 0 Å². The number of hydrogen-bond donors (Lipinski definition) is 0. The average Bonchev–Trinajstić information content (AvgIpc) is 2.71. The lowest BCUT2D eigenvalue weighted by Crippen LogP contribution is -2.47. The summed E-state index contributed by atoms with van der Waals surface area (Å²) < 4.78 is 0. The molecule has 0 aromatic heterocycles. The predicted molar refractivity (Wildman–Crippen MR) is 81.3 cm³/mol. The first kappa shape index (κ1) is 13.3. The van der Waals surface area contributed by atoms with Gasteiger partial charge in [-0.15, -0.1) is 0 Å². The Bertz CT molecular complexity index is 414. The first-order valence-corrected chi connectivity index (χ1v) is 9.11. The molecule has 20 heavy (non-hydrogen) atoms. The van der Waals surface area contributed by atoms with E-state index in [4.69, 9.17) is 0 Å². The molecule has 1 heteroatoms. The van der Waals surface area contributed by atoms with E-state index < -0.39 is 0 Å². The number of ketones is 1. The number of fused-ring (bicyclic) bond motifs is 4. The van der Waals surface area contributed by atoms with Gasteiger partial charge in [-0.25, -0.2) is 0 Å². The van der Waals surface area contributed by atoms with Crippen molar-refractivity contribution in [1.29, 1.82) is 0 Å². The Morgan fingerprint density at radius 2 is 1.75 bits per heavy atom. The van der Waals surface area contributed by atoms with E-state index in [1.54, 1.807) is 0 Å². The topological polar surface area (TPSA) is 17.1 Å². The number of hydrogen-bond acceptors (Lipinski definition) is 1. The van der Waals surface area contributed by atoms with Crippen LogP contribution < -0.4 is 0 Å². The van der Waals surface area contributed by atoms with Gasteiger partial charge in [0, 0.05) is 11.8 Å². The molecule has 0 radical (unpaired) electrons. The average molecular weight is 274 g/mol. The molecule has 0 amide bonds. The molecule has 4 rings (SSSR count). The third-order valence-electron chi connectivity index (χ3n) is 7.87. The van der Waals surface area contributed by atoms with E-state index in [1.807, 2.05) is 0 Å². The van der Waals surface area contributed by atoms with Crippen molar-refractivity contribution in [2.24, 2.45) is 40.9 Å². The third kappa shape index (κ3) is 1.84. The lowest BCUT2D eigenvalue weighted by Gasteiger charge is -2.53. The minimum Gasteiger partial charge on any atom is -0.299 e. The highest BCUT2D eigenvalue weighted by molar-refractivity contribution is 5.87. The van der Waals surface area contributed by atoms with Crippen molar-refractivity contribution >= 4 is 5.78 Å². The summed E-state index contributed by atoms with van der Waals surface area (Å²) in [4.78, 5) is 12.3. The molecule has 0 aromatic carbocycles. The van der Waals surface area contributed by atoms with E-state index in [2.05, 4.69) is 13.8 Å². The van der Waals surface area contributed by atoms with Gasteiger partial charge in [0.1, 0.15) is 5.78 Å². The Hall–Kier alpha value is -0.330. The van der Waals surface area contributed by atoms with Crippen LogP contribution in [-0.4, -0.2) is 5.78 Å². The monoisotopic (exact) mass is 274 g/mol. The SMILES string of the molecule is C[C@@H]1CC[C@H]2[C@@H](CC[C@H]3C[C@@]4(C)C(=O)CC[C@@H]4C[C@@H]32)C1. The second-order valence-electron chi connectivity index (χ2n) is 8.86. The van der Waals surface area contributed by atoms with Crippen molar-refractivity contribution in [1.82, 2.24) is 0 Å². The van der Waals surface area contributed by atoms with E-state index in [-0.39, 0.29) is 5.41 Å². The Balaban J connectivity index is 1.56. The van der Waals surface area contributed by atoms with Crippen molar-refractivity contribution in [3.8, 4) is 0 Å². The van der Waals surface area contributed by atoms with Gasteiger partial charge < -0.3 is 0 Å². The maximum atomic E-state index is 12.3. The Kier molecular flexibility index (Phi) is 3.06. The van der Waals surface area contributed by atoms with Crippen LogP contribution in [0, 0.1) is 40.9 Å². The standard InChI is InChI=1S/C19H30O/c1-12-3-7-16-13(9-12)4-5-14-11-19(2)15(10-17(14)16)6-8-18(19)20/h12-17H,3-11H2,1-2H3/t12-,13+,14+,15-,16+,17+,19-/m1/s1. The van der Waals surface area contributed by atoms with E-state index in [0.29, 0.717) is 5.78 Å². The predicted octanol–water partition coefficient (Wildman–Crippen LogP) is 4.84. The molecule has 0 aromatic rings. The van der Waals surface area contributed by atoms with E-state index in [9.17, 15) is 4.79 Å². The van der Waals surface area contributed by atoms with Crippen LogP contribution in [0.25, 0.3) is 0 Å². The number of Topliss-reactive ketones (excluding diaryl/α,β-unsaturated/α-hetero) is 1. The van der Waals surface area contributed by atoms with Crippen LogP contribution in [0.1, 0.15) is 71.6 Å². The summed E-state index contributed by atoms with van der Waals surface area (Å²) in [6.45, 7) is 4.76. The summed E-state index contributed by atoms with van der Waals surface area (Å²) in [5.74, 6) is 6.20. The van der Waals surface area contributed by atoms with Crippen LogP contribution in [-0.2, 0) is 4.79 Å². The maximum absolute atomic E-state index is 12.3. The molecule has 0 aliphatic heterocycles. The number of carbonyl (C=O) groups excluding carboxylic acids is 1. The van der Waals surface area contributed by atoms with Gasteiger partial charge in [-0.3, -0.25) is 4.79 Å². The van der Waals surface area contributed by atoms with Gasteiger partial charge >= 0.3 is 0 Å². The summed E-state index contributed by atoms with van der Waals surface area (Å²) in [7, 11) is 0.